The van der Waals surface area contributed by atoms with E-state index in [-0.39, 0.29) is 70.3 Å². The number of carbonyl (C=O) groups excluding carboxylic acids is 3. The smallest absolute Gasteiger partial charge is 0.348 e. The minimum Gasteiger partial charge on any atom is -0.507 e. The Hall–Kier alpha value is -3.88. The van der Waals surface area contributed by atoms with Crippen molar-refractivity contribution in [2.24, 2.45) is 0 Å². The van der Waals surface area contributed by atoms with Crippen molar-refractivity contribution in [3.05, 3.63) is 40.5 Å². The first-order valence-electron chi connectivity index (χ1n) is 10.9. The number of fused-ring (bicyclic) bond motifs is 2. The van der Waals surface area contributed by atoms with Crippen molar-refractivity contribution in [2.75, 3.05) is 7.11 Å². The van der Waals surface area contributed by atoms with E-state index in [9.17, 15) is 29.4 Å². The van der Waals surface area contributed by atoms with Crippen LogP contribution in [0.15, 0.2) is 18.2 Å². The molecule has 0 unspecified atom stereocenters. The lowest BCUT2D eigenvalue weighted by Crippen LogP contribution is -2.15. The van der Waals surface area contributed by atoms with Crippen LogP contribution < -0.4 is 14.2 Å². The largest absolute Gasteiger partial charge is 0.507 e. The fourth-order valence-electron chi connectivity index (χ4n) is 3.80. The molecule has 0 spiro atoms. The van der Waals surface area contributed by atoms with E-state index in [1.54, 1.807) is 0 Å². The molecule has 0 fully saturated rings. The predicted molar refractivity (Wildman–Crippen MR) is 121 cm³/mol. The van der Waals surface area contributed by atoms with Crippen LogP contribution in [-0.4, -0.2) is 40.8 Å². The quantitative estimate of drug-likeness (QED) is 0.219. The van der Waals surface area contributed by atoms with Gasteiger partial charge >= 0.3 is 11.9 Å². The summed E-state index contributed by atoms with van der Waals surface area (Å²) < 4.78 is 16.7. The van der Waals surface area contributed by atoms with E-state index >= 15 is 0 Å². The molecule has 0 aliphatic carbocycles. The van der Waals surface area contributed by atoms with Crippen LogP contribution in [-0.2, 0) is 11.2 Å². The van der Waals surface area contributed by atoms with Gasteiger partial charge < -0.3 is 29.2 Å². The molecule has 2 N–H and O–H groups in total. The van der Waals surface area contributed by atoms with Gasteiger partial charge in [0.25, 0.3) is 0 Å². The van der Waals surface area contributed by atoms with Crippen LogP contribution in [0.2, 0.25) is 0 Å². The van der Waals surface area contributed by atoms with Gasteiger partial charge in [-0.15, -0.1) is 0 Å². The predicted octanol–water partition coefficient (Wildman–Crippen LogP) is 4.71. The fraction of sp³-hybridized carbons (Fsp3) is 0.360. The van der Waals surface area contributed by atoms with Crippen LogP contribution in [0.25, 0.3) is 0 Å². The van der Waals surface area contributed by atoms with Gasteiger partial charge in [0.15, 0.2) is 17.3 Å². The maximum absolute atomic E-state index is 13.1. The lowest BCUT2D eigenvalue weighted by atomic mass is 9.98. The molecule has 0 bridgehead atoms. The second kappa shape index (κ2) is 10.4. The normalized spacial score (nSPS) is 12.0. The number of phenols is 1. The van der Waals surface area contributed by atoms with Crippen LogP contribution in [0.1, 0.15) is 82.6 Å². The number of carbonyl (C=O) groups is 4. The Balaban J connectivity index is 2.20. The molecule has 1 heterocycles. The SMILES string of the molecule is CCCCCc1c2c(cc(O)c1C(=O)O)OC(=O)c1c(cc(OC)cc1C(=O)CCC(C)=O)O2. The zero-order valence-corrected chi connectivity index (χ0v) is 19.2. The molecular formula is C25H26O9. The van der Waals surface area contributed by atoms with Crippen molar-refractivity contribution >= 4 is 23.5 Å². The van der Waals surface area contributed by atoms with Crippen LogP contribution >= 0.6 is 0 Å². The Bertz CT molecular complexity index is 1160. The van der Waals surface area contributed by atoms with Gasteiger partial charge in [0.2, 0.25) is 0 Å². The first-order chi connectivity index (χ1) is 16.2. The van der Waals surface area contributed by atoms with Crippen molar-refractivity contribution in [3.63, 3.8) is 0 Å². The number of unbranched alkanes of at least 4 members (excludes halogenated alkanes) is 2. The number of Topliss-reactive ketones (excluding diaryl/α,β-unsaturated/α-hetero) is 2. The first-order valence-corrected chi connectivity index (χ1v) is 10.9. The summed E-state index contributed by atoms with van der Waals surface area (Å²) in [5, 5.41) is 20.1. The van der Waals surface area contributed by atoms with Crippen LogP contribution in [0.4, 0.5) is 0 Å². The molecule has 9 nitrogen and oxygen atoms in total. The third-order valence-corrected chi connectivity index (χ3v) is 5.50. The van der Waals surface area contributed by atoms with Gasteiger partial charge in [-0.3, -0.25) is 4.79 Å². The highest BCUT2D eigenvalue weighted by Gasteiger charge is 2.33. The molecule has 0 radical (unpaired) electrons. The number of carboxylic acids is 1. The van der Waals surface area contributed by atoms with Gasteiger partial charge in [-0.25, -0.2) is 9.59 Å². The number of methoxy groups -OCH3 is 1. The highest BCUT2D eigenvalue weighted by molar-refractivity contribution is 6.10. The molecule has 0 atom stereocenters. The molecule has 9 heteroatoms. The Kier molecular flexibility index (Phi) is 7.55. The molecular weight excluding hydrogens is 444 g/mol. The van der Waals surface area contributed by atoms with Gasteiger partial charge in [-0.05, 0) is 25.8 Å². The second-order valence-corrected chi connectivity index (χ2v) is 8.00. The summed E-state index contributed by atoms with van der Waals surface area (Å²) in [6, 6.07) is 3.78. The van der Waals surface area contributed by atoms with Crippen molar-refractivity contribution in [1.82, 2.24) is 0 Å². The van der Waals surface area contributed by atoms with Crippen molar-refractivity contribution in [2.45, 2.75) is 52.4 Å². The summed E-state index contributed by atoms with van der Waals surface area (Å²) in [4.78, 5) is 49.2. The lowest BCUT2D eigenvalue weighted by molar-refractivity contribution is -0.117. The minimum atomic E-state index is -1.35. The van der Waals surface area contributed by atoms with Gasteiger partial charge in [0.1, 0.15) is 34.2 Å². The van der Waals surface area contributed by atoms with Gasteiger partial charge in [0.05, 0.1) is 7.11 Å². The van der Waals surface area contributed by atoms with Gasteiger partial charge in [-0.2, -0.15) is 0 Å². The maximum atomic E-state index is 13.1. The van der Waals surface area contributed by atoms with Crippen LogP contribution in [0.3, 0.4) is 0 Å². The van der Waals surface area contributed by atoms with E-state index in [4.69, 9.17) is 14.2 Å². The van der Waals surface area contributed by atoms with E-state index in [0.717, 1.165) is 18.9 Å². The molecule has 2 aromatic rings. The zero-order valence-electron chi connectivity index (χ0n) is 19.2. The Morgan fingerprint density at radius 2 is 1.76 bits per heavy atom. The number of aromatic hydroxyl groups is 1. The topological polar surface area (TPSA) is 136 Å². The molecule has 0 amide bonds. The number of rotatable bonds is 10. The highest BCUT2D eigenvalue weighted by Crippen LogP contribution is 2.47. The third kappa shape index (κ3) is 5.03. The number of ketones is 2. The maximum Gasteiger partial charge on any atom is 0.348 e. The van der Waals surface area contributed by atoms with E-state index < -0.39 is 23.5 Å². The molecule has 0 aromatic heterocycles. The second-order valence-electron chi connectivity index (χ2n) is 8.00. The number of aromatic carboxylic acids is 1. The number of benzene rings is 2. The molecule has 3 rings (SSSR count). The summed E-state index contributed by atoms with van der Waals surface area (Å²) in [6.07, 6.45) is 2.43. The number of ether oxygens (including phenoxy) is 3. The number of esters is 1. The summed E-state index contributed by atoms with van der Waals surface area (Å²) >= 11 is 0. The minimum absolute atomic E-state index is 0.00162. The standard InChI is InChI=1S/C25H26O9/c1-4-5-6-7-15-21(24(29)30)18(28)12-20-23(15)33-19-11-14(32-3)10-16(22(19)25(31)34-20)17(27)9-8-13(2)26/h10-12,28H,4-9H2,1-3H3,(H,29,30). The summed E-state index contributed by atoms with van der Waals surface area (Å²) in [5.41, 5.74) is -0.357. The molecule has 0 saturated carbocycles. The summed E-state index contributed by atoms with van der Waals surface area (Å²) in [7, 11) is 1.38. The summed E-state index contributed by atoms with van der Waals surface area (Å²) in [5.74, 6) is -3.47. The molecule has 1 aliphatic rings. The Morgan fingerprint density at radius 1 is 1.03 bits per heavy atom. The number of carboxylic acid groups (broad SMARTS) is 1. The average molecular weight is 470 g/mol. The number of hydrogen-bond acceptors (Lipinski definition) is 8. The van der Waals surface area contributed by atoms with Crippen LogP contribution in [0.5, 0.6) is 28.7 Å². The Morgan fingerprint density at radius 3 is 2.38 bits per heavy atom. The van der Waals surface area contributed by atoms with Crippen molar-refractivity contribution in [1.29, 1.82) is 0 Å². The molecule has 180 valence electrons. The van der Waals surface area contributed by atoms with Crippen molar-refractivity contribution < 1.29 is 43.6 Å². The van der Waals surface area contributed by atoms with E-state index in [1.165, 1.54) is 26.2 Å². The monoisotopic (exact) mass is 470 g/mol. The summed E-state index contributed by atoms with van der Waals surface area (Å²) in [6.45, 7) is 3.35. The van der Waals surface area contributed by atoms with Gasteiger partial charge in [-0.1, -0.05) is 19.8 Å². The van der Waals surface area contributed by atoms with Crippen LogP contribution in [0, 0.1) is 0 Å². The first kappa shape index (κ1) is 24.8. The molecule has 2 aromatic carbocycles. The van der Waals surface area contributed by atoms with Gasteiger partial charge in [0, 0.05) is 36.1 Å². The zero-order chi connectivity index (χ0) is 25.0. The lowest BCUT2D eigenvalue weighted by Gasteiger charge is -2.16. The Labute approximate surface area is 196 Å². The molecule has 1 aliphatic heterocycles. The van der Waals surface area contributed by atoms with E-state index in [1.807, 2.05) is 6.92 Å². The van der Waals surface area contributed by atoms with Crippen molar-refractivity contribution in [3.8, 4) is 28.7 Å². The third-order valence-electron chi connectivity index (χ3n) is 5.50. The average Bonchev–Trinajstić information content (AvgIpc) is 2.92. The molecule has 34 heavy (non-hydrogen) atoms. The molecule has 0 saturated heterocycles. The highest BCUT2D eigenvalue weighted by atomic mass is 16.6. The van der Waals surface area contributed by atoms with E-state index in [0.29, 0.717) is 6.42 Å². The fourth-order valence-corrected chi connectivity index (χ4v) is 3.80. The van der Waals surface area contributed by atoms with E-state index in [2.05, 4.69) is 0 Å². The number of hydrogen-bond donors (Lipinski definition) is 2.